The van der Waals surface area contributed by atoms with Crippen molar-refractivity contribution in [2.75, 3.05) is 18.0 Å². The summed E-state index contributed by atoms with van der Waals surface area (Å²) in [6.07, 6.45) is 4.38. The molecular formula is C12H19N5O. The van der Waals surface area contributed by atoms with Crippen molar-refractivity contribution in [3.8, 4) is 0 Å². The third-order valence-corrected chi connectivity index (χ3v) is 3.67. The van der Waals surface area contributed by atoms with Crippen molar-refractivity contribution in [1.29, 1.82) is 0 Å². The highest BCUT2D eigenvalue weighted by molar-refractivity contribution is 5.94. The SMILES string of the molecule is CC1CCN(c2cnc(C(N)=NO)cn2)CC1C. The Hall–Kier alpha value is -1.85. The fourth-order valence-corrected chi connectivity index (χ4v) is 2.14. The summed E-state index contributed by atoms with van der Waals surface area (Å²) in [5.41, 5.74) is 5.84. The predicted octanol–water partition coefficient (Wildman–Crippen LogP) is 1.05. The van der Waals surface area contributed by atoms with Gasteiger partial charge in [0.05, 0.1) is 12.4 Å². The molecule has 2 rings (SSSR count). The average molecular weight is 249 g/mol. The van der Waals surface area contributed by atoms with E-state index in [0.29, 0.717) is 11.6 Å². The number of hydrogen-bond donors (Lipinski definition) is 2. The van der Waals surface area contributed by atoms with E-state index in [1.54, 1.807) is 6.20 Å². The van der Waals surface area contributed by atoms with Crippen molar-refractivity contribution in [1.82, 2.24) is 9.97 Å². The van der Waals surface area contributed by atoms with Gasteiger partial charge in [0.2, 0.25) is 0 Å². The van der Waals surface area contributed by atoms with Crippen LogP contribution in [0.2, 0.25) is 0 Å². The number of anilines is 1. The van der Waals surface area contributed by atoms with Crippen LogP contribution in [0.4, 0.5) is 5.82 Å². The number of amidine groups is 1. The zero-order chi connectivity index (χ0) is 13.1. The van der Waals surface area contributed by atoms with Crippen molar-refractivity contribution in [3.05, 3.63) is 18.1 Å². The summed E-state index contributed by atoms with van der Waals surface area (Å²) in [6, 6.07) is 0. The molecule has 0 amide bonds. The van der Waals surface area contributed by atoms with Crippen LogP contribution >= 0.6 is 0 Å². The minimum Gasteiger partial charge on any atom is -0.409 e. The van der Waals surface area contributed by atoms with Gasteiger partial charge in [0.15, 0.2) is 5.84 Å². The third kappa shape index (κ3) is 2.52. The van der Waals surface area contributed by atoms with Crippen molar-refractivity contribution < 1.29 is 5.21 Å². The molecule has 0 radical (unpaired) electrons. The summed E-state index contributed by atoms with van der Waals surface area (Å²) >= 11 is 0. The van der Waals surface area contributed by atoms with Crippen LogP contribution in [0.5, 0.6) is 0 Å². The quantitative estimate of drug-likeness (QED) is 0.354. The molecule has 2 heterocycles. The molecule has 1 saturated heterocycles. The van der Waals surface area contributed by atoms with Gasteiger partial charge in [-0.1, -0.05) is 19.0 Å². The Labute approximate surface area is 107 Å². The third-order valence-electron chi connectivity index (χ3n) is 3.67. The van der Waals surface area contributed by atoms with Gasteiger partial charge in [0.1, 0.15) is 11.5 Å². The lowest BCUT2D eigenvalue weighted by Crippen LogP contribution is -2.39. The standard InChI is InChI=1S/C12H19N5O/c1-8-3-4-17(7-9(8)2)11-6-14-10(5-15-11)12(13)16-18/h5-6,8-9,18H,3-4,7H2,1-2H3,(H2,13,16). The normalized spacial score (nSPS) is 25.2. The molecular weight excluding hydrogens is 230 g/mol. The minimum absolute atomic E-state index is 0.0188. The molecule has 3 N–H and O–H groups in total. The highest BCUT2D eigenvalue weighted by Crippen LogP contribution is 2.25. The molecule has 98 valence electrons. The Morgan fingerprint density at radius 3 is 2.72 bits per heavy atom. The van der Waals surface area contributed by atoms with Crippen LogP contribution in [0, 0.1) is 11.8 Å². The molecule has 0 saturated carbocycles. The number of rotatable bonds is 2. The maximum atomic E-state index is 8.55. The van der Waals surface area contributed by atoms with E-state index in [-0.39, 0.29) is 5.84 Å². The lowest BCUT2D eigenvalue weighted by atomic mass is 9.89. The lowest BCUT2D eigenvalue weighted by molar-refractivity contribution is 0.318. The predicted molar refractivity (Wildman–Crippen MR) is 69.7 cm³/mol. The molecule has 1 fully saturated rings. The van der Waals surface area contributed by atoms with Gasteiger partial charge in [0.25, 0.3) is 0 Å². The van der Waals surface area contributed by atoms with Crippen LogP contribution in [0.25, 0.3) is 0 Å². The Morgan fingerprint density at radius 1 is 1.39 bits per heavy atom. The fourth-order valence-electron chi connectivity index (χ4n) is 2.14. The maximum absolute atomic E-state index is 8.55. The second kappa shape index (κ2) is 5.20. The van der Waals surface area contributed by atoms with Gasteiger partial charge in [-0.2, -0.15) is 0 Å². The van der Waals surface area contributed by atoms with E-state index in [1.165, 1.54) is 12.6 Å². The number of hydrogen-bond acceptors (Lipinski definition) is 5. The molecule has 2 unspecified atom stereocenters. The zero-order valence-electron chi connectivity index (χ0n) is 10.7. The van der Waals surface area contributed by atoms with Crippen LogP contribution in [0.3, 0.4) is 0 Å². The topological polar surface area (TPSA) is 87.6 Å². The van der Waals surface area contributed by atoms with E-state index in [1.807, 2.05) is 0 Å². The average Bonchev–Trinajstić information content (AvgIpc) is 2.41. The lowest BCUT2D eigenvalue weighted by Gasteiger charge is -2.35. The zero-order valence-corrected chi connectivity index (χ0v) is 10.7. The molecule has 2 atom stereocenters. The summed E-state index contributed by atoms with van der Waals surface area (Å²) in [5, 5.41) is 11.5. The number of aromatic nitrogens is 2. The Balaban J connectivity index is 2.10. The first-order valence-electron chi connectivity index (χ1n) is 6.16. The van der Waals surface area contributed by atoms with E-state index < -0.39 is 0 Å². The second-order valence-electron chi connectivity index (χ2n) is 4.93. The fraction of sp³-hybridized carbons (Fsp3) is 0.583. The molecule has 1 aromatic rings. The Bertz CT molecular complexity index is 431. The Kier molecular flexibility index (Phi) is 3.64. The van der Waals surface area contributed by atoms with Gasteiger partial charge in [-0.3, -0.25) is 0 Å². The van der Waals surface area contributed by atoms with Gasteiger partial charge in [-0.05, 0) is 18.3 Å². The van der Waals surface area contributed by atoms with Crippen LogP contribution in [0.15, 0.2) is 17.5 Å². The molecule has 18 heavy (non-hydrogen) atoms. The van der Waals surface area contributed by atoms with Crippen LogP contribution in [-0.4, -0.2) is 34.1 Å². The van der Waals surface area contributed by atoms with Gasteiger partial charge < -0.3 is 15.8 Å². The Morgan fingerprint density at radius 2 is 2.17 bits per heavy atom. The van der Waals surface area contributed by atoms with Crippen LogP contribution in [-0.2, 0) is 0 Å². The summed E-state index contributed by atoms with van der Waals surface area (Å²) in [7, 11) is 0. The molecule has 6 nitrogen and oxygen atoms in total. The first-order valence-corrected chi connectivity index (χ1v) is 6.16. The molecule has 0 spiro atoms. The van der Waals surface area contributed by atoms with Gasteiger partial charge in [-0.25, -0.2) is 9.97 Å². The van der Waals surface area contributed by atoms with E-state index in [4.69, 9.17) is 10.9 Å². The van der Waals surface area contributed by atoms with Crippen LogP contribution < -0.4 is 10.6 Å². The smallest absolute Gasteiger partial charge is 0.190 e. The van der Waals surface area contributed by atoms with Crippen molar-refractivity contribution in [2.45, 2.75) is 20.3 Å². The number of piperidine rings is 1. The molecule has 6 heteroatoms. The van der Waals surface area contributed by atoms with Crippen molar-refractivity contribution in [3.63, 3.8) is 0 Å². The summed E-state index contributed by atoms with van der Waals surface area (Å²) < 4.78 is 0. The second-order valence-corrected chi connectivity index (χ2v) is 4.93. The van der Waals surface area contributed by atoms with Gasteiger partial charge >= 0.3 is 0 Å². The van der Waals surface area contributed by atoms with Gasteiger partial charge in [-0.15, -0.1) is 0 Å². The molecule has 0 aliphatic carbocycles. The highest BCUT2D eigenvalue weighted by atomic mass is 16.4. The molecule has 0 bridgehead atoms. The molecule has 1 aliphatic rings. The highest BCUT2D eigenvalue weighted by Gasteiger charge is 2.23. The first-order chi connectivity index (χ1) is 8.61. The number of oxime groups is 1. The minimum atomic E-state index is -0.0188. The number of nitrogens with two attached hydrogens (primary N) is 1. The summed E-state index contributed by atoms with van der Waals surface area (Å²) in [6.45, 7) is 6.55. The van der Waals surface area contributed by atoms with Gasteiger partial charge in [0, 0.05) is 13.1 Å². The molecule has 1 aliphatic heterocycles. The summed E-state index contributed by atoms with van der Waals surface area (Å²) in [4.78, 5) is 10.7. The van der Waals surface area contributed by atoms with Crippen LogP contribution in [0.1, 0.15) is 26.0 Å². The summed E-state index contributed by atoms with van der Waals surface area (Å²) in [5.74, 6) is 2.24. The van der Waals surface area contributed by atoms with Crippen molar-refractivity contribution in [2.24, 2.45) is 22.7 Å². The van der Waals surface area contributed by atoms with E-state index in [2.05, 4.69) is 33.9 Å². The van der Waals surface area contributed by atoms with E-state index >= 15 is 0 Å². The van der Waals surface area contributed by atoms with Crippen molar-refractivity contribution >= 4 is 11.7 Å². The first kappa shape index (κ1) is 12.6. The maximum Gasteiger partial charge on any atom is 0.190 e. The molecule has 0 aromatic carbocycles. The van der Waals surface area contributed by atoms with E-state index in [0.717, 1.165) is 24.8 Å². The largest absolute Gasteiger partial charge is 0.409 e. The monoisotopic (exact) mass is 249 g/mol. The molecule has 1 aromatic heterocycles. The van der Waals surface area contributed by atoms with E-state index in [9.17, 15) is 0 Å². The number of nitrogens with zero attached hydrogens (tertiary/aromatic N) is 4.